The van der Waals surface area contributed by atoms with Crippen LogP contribution in [0.3, 0.4) is 0 Å². The van der Waals surface area contributed by atoms with Gasteiger partial charge in [-0.25, -0.2) is 0 Å². The molecule has 3 nitrogen and oxygen atoms in total. The number of carbonyl (C=O) groups is 1. The second-order valence-electron chi connectivity index (χ2n) is 3.15. The van der Waals surface area contributed by atoms with Crippen LogP contribution in [0.2, 0.25) is 0 Å². The number of rotatable bonds is 3. The molecule has 80 valence electrons. The van der Waals surface area contributed by atoms with Gasteiger partial charge in [-0.05, 0) is 24.1 Å². The average molecular weight is 214 g/mol. The lowest BCUT2D eigenvalue weighted by Gasteiger charge is -2.04. The topological polar surface area (TPSA) is 35.5 Å². The van der Waals surface area contributed by atoms with Crippen LogP contribution >= 0.6 is 0 Å². The van der Waals surface area contributed by atoms with E-state index in [4.69, 9.17) is 0 Å². The second-order valence-corrected chi connectivity index (χ2v) is 3.15. The number of aldehydes is 1. The predicted octanol–water partition coefficient (Wildman–Crippen LogP) is 2.14. The third-order valence-corrected chi connectivity index (χ3v) is 2.02. The first-order chi connectivity index (χ1) is 7.11. The molecule has 0 spiro atoms. The van der Waals surface area contributed by atoms with Gasteiger partial charge in [-0.3, -0.25) is 0 Å². The van der Waals surface area contributed by atoms with E-state index in [2.05, 4.69) is 9.47 Å². The number of ether oxygens (including phenoxy) is 2. The van der Waals surface area contributed by atoms with Crippen molar-refractivity contribution < 1.29 is 23.0 Å². The van der Waals surface area contributed by atoms with E-state index in [1.807, 2.05) is 0 Å². The van der Waals surface area contributed by atoms with Crippen LogP contribution in [0.15, 0.2) is 18.2 Å². The molecule has 2 rings (SSSR count). The van der Waals surface area contributed by atoms with Gasteiger partial charge in [0.1, 0.15) is 6.29 Å². The molecular formula is C10H8F2O3. The average Bonchev–Trinajstić information content (AvgIpc) is 2.47. The highest BCUT2D eigenvalue weighted by atomic mass is 19.3. The maximum absolute atomic E-state index is 12.6. The SMILES string of the molecule is O=CCCc1ccc2c(c1)OC(F)(F)O2. The van der Waals surface area contributed by atoms with Crippen molar-refractivity contribution in [3.8, 4) is 11.5 Å². The molecule has 1 heterocycles. The Morgan fingerprint density at radius 1 is 1.27 bits per heavy atom. The Labute approximate surface area is 84.6 Å². The van der Waals surface area contributed by atoms with Gasteiger partial charge >= 0.3 is 6.29 Å². The van der Waals surface area contributed by atoms with E-state index in [9.17, 15) is 13.6 Å². The minimum Gasteiger partial charge on any atom is -0.395 e. The summed E-state index contributed by atoms with van der Waals surface area (Å²) in [6, 6.07) is 4.50. The minimum atomic E-state index is -3.58. The molecule has 0 amide bonds. The lowest BCUT2D eigenvalue weighted by atomic mass is 10.1. The van der Waals surface area contributed by atoms with Crippen molar-refractivity contribution in [3.63, 3.8) is 0 Å². The first-order valence-corrected chi connectivity index (χ1v) is 4.43. The molecular weight excluding hydrogens is 206 g/mol. The summed E-state index contributed by atoms with van der Waals surface area (Å²) in [5.74, 6) is 0.0400. The molecule has 1 aliphatic heterocycles. The number of hydrogen-bond donors (Lipinski definition) is 0. The Bertz CT molecular complexity index is 390. The number of aryl methyl sites for hydroxylation is 1. The van der Waals surface area contributed by atoms with E-state index in [1.165, 1.54) is 12.1 Å². The summed E-state index contributed by atoms with van der Waals surface area (Å²) in [7, 11) is 0. The molecule has 0 fully saturated rings. The highest BCUT2D eigenvalue weighted by Gasteiger charge is 2.43. The molecule has 0 aliphatic carbocycles. The summed E-state index contributed by atoms with van der Waals surface area (Å²) in [6.07, 6.45) is -1.94. The van der Waals surface area contributed by atoms with Crippen molar-refractivity contribution in [3.05, 3.63) is 23.8 Å². The van der Waals surface area contributed by atoms with Gasteiger partial charge in [-0.15, -0.1) is 8.78 Å². The fourth-order valence-corrected chi connectivity index (χ4v) is 1.37. The summed E-state index contributed by atoms with van der Waals surface area (Å²) in [5, 5.41) is 0. The summed E-state index contributed by atoms with van der Waals surface area (Å²) < 4.78 is 33.7. The number of carbonyl (C=O) groups excluding carboxylic acids is 1. The second kappa shape index (κ2) is 3.49. The Kier molecular flexibility index (Phi) is 2.30. The summed E-state index contributed by atoms with van der Waals surface area (Å²) in [4.78, 5) is 10.1. The largest absolute Gasteiger partial charge is 0.586 e. The van der Waals surface area contributed by atoms with Crippen LogP contribution in [0, 0.1) is 0 Å². The molecule has 5 heteroatoms. The third-order valence-electron chi connectivity index (χ3n) is 2.02. The van der Waals surface area contributed by atoms with Gasteiger partial charge in [0.05, 0.1) is 0 Å². The summed E-state index contributed by atoms with van der Waals surface area (Å²) in [6.45, 7) is 0. The van der Waals surface area contributed by atoms with E-state index in [0.29, 0.717) is 12.8 Å². The number of benzene rings is 1. The first-order valence-electron chi connectivity index (χ1n) is 4.43. The molecule has 0 saturated heterocycles. The maximum Gasteiger partial charge on any atom is 0.586 e. The number of halogens is 2. The first kappa shape index (κ1) is 9.89. The summed E-state index contributed by atoms with van der Waals surface area (Å²) in [5.41, 5.74) is 0.766. The van der Waals surface area contributed by atoms with E-state index in [0.717, 1.165) is 11.8 Å². The van der Waals surface area contributed by atoms with Gasteiger partial charge in [-0.2, -0.15) is 0 Å². The fraction of sp³-hybridized carbons (Fsp3) is 0.300. The molecule has 0 N–H and O–H groups in total. The normalized spacial score (nSPS) is 16.4. The molecule has 1 aromatic carbocycles. The zero-order valence-corrected chi connectivity index (χ0v) is 7.70. The predicted molar refractivity (Wildman–Crippen MR) is 47.0 cm³/mol. The minimum absolute atomic E-state index is 0.0170. The van der Waals surface area contributed by atoms with Gasteiger partial charge in [0, 0.05) is 6.42 Å². The number of hydrogen-bond acceptors (Lipinski definition) is 3. The zero-order chi connectivity index (χ0) is 10.9. The van der Waals surface area contributed by atoms with Gasteiger partial charge in [0.2, 0.25) is 0 Å². The van der Waals surface area contributed by atoms with Crippen LogP contribution < -0.4 is 9.47 Å². The van der Waals surface area contributed by atoms with Gasteiger partial charge < -0.3 is 14.3 Å². The van der Waals surface area contributed by atoms with Crippen LogP contribution in [-0.2, 0) is 11.2 Å². The smallest absolute Gasteiger partial charge is 0.395 e. The zero-order valence-electron chi connectivity index (χ0n) is 7.70. The van der Waals surface area contributed by atoms with Crippen LogP contribution in [0.5, 0.6) is 11.5 Å². The standard InChI is InChI=1S/C10H8F2O3/c11-10(12)14-8-4-3-7(2-1-5-13)6-9(8)15-10/h3-6H,1-2H2. The number of alkyl halides is 2. The van der Waals surface area contributed by atoms with Crippen LogP contribution in [0.1, 0.15) is 12.0 Å². The van der Waals surface area contributed by atoms with Crippen molar-refractivity contribution in [1.82, 2.24) is 0 Å². The molecule has 0 saturated carbocycles. The molecule has 0 aromatic heterocycles. The van der Waals surface area contributed by atoms with Crippen LogP contribution in [0.25, 0.3) is 0 Å². The van der Waals surface area contributed by atoms with Crippen molar-refractivity contribution >= 4 is 6.29 Å². The van der Waals surface area contributed by atoms with Crippen molar-refractivity contribution in [2.24, 2.45) is 0 Å². The quantitative estimate of drug-likeness (QED) is 0.723. The van der Waals surface area contributed by atoms with Gasteiger partial charge in [0.15, 0.2) is 11.5 Å². The molecule has 0 atom stereocenters. The molecule has 15 heavy (non-hydrogen) atoms. The van der Waals surface area contributed by atoms with E-state index in [-0.39, 0.29) is 11.5 Å². The van der Waals surface area contributed by atoms with Crippen LogP contribution in [-0.4, -0.2) is 12.6 Å². The number of fused-ring (bicyclic) bond motifs is 1. The van der Waals surface area contributed by atoms with Gasteiger partial charge in [-0.1, -0.05) is 6.07 Å². The highest BCUT2D eigenvalue weighted by Crippen LogP contribution is 2.41. The summed E-state index contributed by atoms with van der Waals surface area (Å²) >= 11 is 0. The lowest BCUT2D eigenvalue weighted by molar-refractivity contribution is -0.286. The van der Waals surface area contributed by atoms with Crippen molar-refractivity contribution in [1.29, 1.82) is 0 Å². The highest BCUT2D eigenvalue weighted by molar-refractivity contribution is 5.51. The van der Waals surface area contributed by atoms with Gasteiger partial charge in [0.25, 0.3) is 0 Å². The van der Waals surface area contributed by atoms with Crippen molar-refractivity contribution in [2.45, 2.75) is 19.1 Å². The van der Waals surface area contributed by atoms with E-state index >= 15 is 0 Å². The maximum atomic E-state index is 12.6. The van der Waals surface area contributed by atoms with E-state index in [1.54, 1.807) is 6.07 Å². The third kappa shape index (κ3) is 2.06. The van der Waals surface area contributed by atoms with Crippen LogP contribution in [0.4, 0.5) is 8.78 Å². The molecule has 1 aromatic rings. The fourth-order valence-electron chi connectivity index (χ4n) is 1.37. The van der Waals surface area contributed by atoms with E-state index < -0.39 is 6.29 Å². The Hall–Kier alpha value is -1.65. The molecule has 0 unspecified atom stereocenters. The Balaban J connectivity index is 2.18. The Morgan fingerprint density at radius 3 is 2.73 bits per heavy atom. The monoisotopic (exact) mass is 214 g/mol. The van der Waals surface area contributed by atoms with Crippen molar-refractivity contribution in [2.75, 3.05) is 0 Å². The Morgan fingerprint density at radius 2 is 2.00 bits per heavy atom. The molecule has 0 radical (unpaired) electrons. The lowest BCUT2D eigenvalue weighted by Crippen LogP contribution is -2.25. The molecule has 1 aliphatic rings. The molecule has 0 bridgehead atoms.